The lowest BCUT2D eigenvalue weighted by molar-refractivity contribution is -0.147. The summed E-state index contributed by atoms with van der Waals surface area (Å²) in [5, 5.41) is 3.19. The Balaban J connectivity index is 1.97. The lowest BCUT2D eigenvalue weighted by Gasteiger charge is -2.22. The minimum atomic E-state index is -0.134. The zero-order chi connectivity index (χ0) is 11.6. The number of morpholine rings is 1. The summed E-state index contributed by atoms with van der Waals surface area (Å²) in [7, 11) is 0. The van der Waals surface area contributed by atoms with Crippen LogP contribution in [0.3, 0.4) is 0 Å². The van der Waals surface area contributed by atoms with Crippen LogP contribution in [0.25, 0.3) is 0 Å². The van der Waals surface area contributed by atoms with Crippen LogP contribution >= 0.6 is 0 Å². The van der Waals surface area contributed by atoms with E-state index in [0.717, 1.165) is 25.9 Å². The van der Waals surface area contributed by atoms with Crippen LogP contribution < -0.4 is 5.32 Å². The average molecular weight is 229 g/mol. The maximum Gasteiger partial charge on any atom is 0.308 e. The summed E-state index contributed by atoms with van der Waals surface area (Å²) in [5.74, 6) is -0.134. The first-order chi connectivity index (χ1) is 7.83. The number of unbranched alkanes of at least 4 members (excludes halogenated alkanes) is 3. The summed E-state index contributed by atoms with van der Waals surface area (Å²) in [5.41, 5.74) is 0. The highest BCUT2D eigenvalue weighted by atomic mass is 16.5. The van der Waals surface area contributed by atoms with Gasteiger partial charge in [-0.3, -0.25) is 4.79 Å². The first-order valence-corrected chi connectivity index (χ1v) is 6.31. The maximum atomic E-state index is 11.4. The molecule has 1 heterocycles. The van der Waals surface area contributed by atoms with Crippen molar-refractivity contribution in [1.29, 1.82) is 0 Å². The van der Waals surface area contributed by atoms with Crippen LogP contribution in [-0.4, -0.2) is 38.4 Å². The highest BCUT2D eigenvalue weighted by molar-refractivity contribution is 5.70. The largest absolute Gasteiger partial charge is 0.466 e. The van der Waals surface area contributed by atoms with E-state index in [0.29, 0.717) is 19.6 Å². The molecule has 94 valence electrons. The highest BCUT2D eigenvalue weighted by Crippen LogP contribution is 2.04. The molecule has 1 aliphatic heterocycles. The molecule has 0 aromatic rings. The first kappa shape index (κ1) is 13.5. The fourth-order valence-electron chi connectivity index (χ4n) is 1.71. The summed E-state index contributed by atoms with van der Waals surface area (Å²) < 4.78 is 10.6. The van der Waals surface area contributed by atoms with Crippen LogP contribution in [-0.2, 0) is 14.3 Å². The number of hydrogen-bond acceptors (Lipinski definition) is 4. The molecular formula is C12H23NO3. The maximum absolute atomic E-state index is 11.4. The third-order valence-electron chi connectivity index (χ3n) is 2.66. The van der Waals surface area contributed by atoms with Gasteiger partial charge in [0.15, 0.2) is 0 Å². The Morgan fingerprint density at radius 3 is 3.00 bits per heavy atom. The van der Waals surface area contributed by atoms with Crippen molar-refractivity contribution >= 4 is 5.97 Å². The van der Waals surface area contributed by atoms with Crippen molar-refractivity contribution in [3.05, 3.63) is 0 Å². The molecule has 0 radical (unpaired) electrons. The van der Waals surface area contributed by atoms with Gasteiger partial charge in [0.1, 0.15) is 0 Å². The van der Waals surface area contributed by atoms with Gasteiger partial charge in [-0.2, -0.15) is 0 Å². The molecule has 0 aromatic carbocycles. The third-order valence-corrected chi connectivity index (χ3v) is 2.66. The number of ether oxygens (including phenoxy) is 2. The van der Waals surface area contributed by atoms with E-state index in [-0.39, 0.29) is 12.1 Å². The minimum absolute atomic E-state index is 0.00288. The second-order valence-electron chi connectivity index (χ2n) is 4.18. The molecule has 16 heavy (non-hydrogen) atoms. The zero-order valence-corrected chi connectivity index (χ0v) is 10.2. The highest BCUT2D eigenvalue weighted by Gasteiger charge is 2.17. The van der Waals surface area contributed by atoms with Gasteiger partial charge in [0, 0.05) is 13.1 Å². The Labute approximate surface area is 97.7 Å². The molecule has 4 heteroatoms. The van der Waals surface area contributed by atoms with Gasteiger partial charge >= 0.3 is 5.97 Å². The summed E-state index contributed by atoms with van der Waals surface area (Å²) in [6.07, 6.45) is 4.91. The normalized spacial score (nSPS) is 20.7. The third kappa shape index (κ3) is 6.08. The van der Waals surface area contributed by atoms with Gasteiger partial charge in [0.05, 0.1) is 25.7 Å². The van der Waals surface area contributed by atoms with E-state index >= 15 is 0 Å². The molecule has 0 aromatic heterocycles. The van der Waals surface area contributed by atoms with Gasteiger partial charge < -0.3 is 14.8 Å². The molecule has 1 atom stereocenters. The molecule has 1 unspecified atom stereocenters. The number of carbonyl (C=O) groups is 1. The Hall–Kier alpha value is -0.610. The Kier molecular flexibility index (Phi) is 7.17. The Morgan fingerprint density at radius 1 is 1.44 bits per heavy atom. The van der Waals surface area contributed by atoms with Gasteiger partial charge in [0.2, 0.25) is 0 Å². The smallest absolute Gasteiger partial charge is 0.308 e. The molecule has 1 fully saturated rings. The quantitative estimate of drug-likeness (QED) is 0.531. The number of rotatable bonds is 7. The fourth-order valence-corrected chi connectivity index (χ4v) is 1.71. The molecule has 0 amide bonds. The molecule has 0 aliphatic carbocycles. The van der Waals surface area contributed by atoms with Crippen molar-refractivity contribution in [2.45, 2.75) is 45.1 Å². The molecule has 1 aliphatic rings. The standard InChI is InChI=1S/C12H23NO3/c1-2-3-4-5-7-16-12(14)9-11-10-13-6-8-15-11/h11,13H,2-10H2,1H3. The van der Waals surface area contributed by atoms with Crippen molar-refractivity contribution < 1.29 is 14.3 Å². The van der Waals surface area contributed by atoms with Crippen molar-refractivity contribution in [3.63, 3.8) is 0 Å². The van der Waals surface area contributed by atoms with Crippen LogP contribution in [0, 0.1) is 0 Å². The monoisotopic (exact) mass is 229 g/mol. The van der Waals surface area contributed by atoms with Crippen LogP contribution in [0.1, 0.15) is 39.0 Å². The molecule has 0 saturated carbocycles. The number of hydrogen-bond donors (Lipinski definition) is 1. The van der Waals surface area contributed by atoms with Gasteiger partial charge in [-0.25, -0.2) is 0 Å². The summed E-state index contributed by atoms with van der Waals surface area (Å²) in [6.45, 7) is 5.04. The second kappa shape index (κ2) is 8.53. The van der Waals surface area contributed by atoms with Crippen LogP contribution in [0.4, 0.5) is 0 Å². The lowest BCUT2D eigenvalue weighted by atomic mass is 10.2. The van der Waals surface area contributed by atoms with E-state index in [2.05, 4.69) is 12.2 Å². The molecule has 4 nitrogen and oxygen atoms in total. The van der Waals surface area contributed by atoms with Crippen molar-refractivity contribution in [3.8, 4) is 0 Å². The summed E-state index contributed by atoms with van der Waals surface area (Å²) >= 11 is 0. The topological polar surface area (TPSA) is 47.6 Å². The van der Waals surface area contributed by atoms with Gasteiger partial charge in [-0.1, -0.05) is 26.2 Å². The van der Waals surface area contributed by atoms with E-state index in [9.17, 15) is 4.79 Å². The molecule has 1 rings (SSSR count). The number of esters is 1. The predicted molar refractivity (Wildman–Crippen MR) is 62.3 cm³/mol. The zero-order valence-electron chi connectivity index (χ0n) is 10.2. The molecule has 0 bridgehead atoms. The first-order valence-electron chi connectivity index (χ1n) is 6.31. The Morgan fingerprint density at radius 2 is 2.31 bits per heavy atom. The molecule has 0 spiro atoms. The average Bonchev–Trinajstić information content (AvgIpc) is 2.30. The van der Waals surface area contributed by atoms with E-state index < -0.39 is 0 Å². The summed E-state index contributed by atoms with van der Waals surface area (Å²) in [6, 6.07) is 0. The lowest BCUT2D eigenvalue weighted by Crippen LogP contribution is -2.39. The number of nitrogens with one attached hydrogen (secondary N) is 1. The van der Waals surface area contributed by atoms with Crippen molar-refractivity contribution in [1.82, 2.24) is 5.32 Å². The minimum Gasteiger partial charge on any atom is -0.466 e. The van der Waals surface area contributed by atoms with Gasteiger partial charge in [0.25, 0.3) is 0 Å². The van der Waals surface area contributed by atoms with Gasteiger partial charge in [-0.15, -0.1) is 0 Å². The second-order valence-corrected chi connectivity index (χ2v) is 4.18. The van der Waals surface area contributed by atoms with Crippen molar-refractivity contribution in [2.75, 3.05) is 26.3 Å². The Bertz CT molecular complexity index is 191. The number of carbonyl (C=O) groups excluding carboxylic acids is 1. The van der Waals surface area contributed by atoms with E-state index in [1.165, 1.54) is 12.8 Å². The van der Waals surface area contributed by atoms with Crippen LogP contribution in [0.5, 0.6) is 0 Å². The predicted octanol–water partition coefficient (Wildman–Crippen LogP) is 1.49. The van der Waals surface area contributed by atoms with Gasteiger partial charge in [-0.05, 0) is 6.42 Å². The molecular weight excluding hydrogens is 206 g/mol. The van der Waals surface area contributed by atoms with Crippen molar-refractivity contribution in [2.24, 2.45) is 0 Å². The summed E-state index contributed by atoms with van der Waals surface area (Å²) in [4.78, 5) is 11.4. The fraction of sp³-hybridized carbons (Fsp3) is 0.917. The van der Waals surface area contributed by atoms with E-state index in [4.69, 9.17) is 9.47 Å². The van der Waals surface area contributed by atoms with Crippen LogP contribution in [0.15, 0.2) is 0 Å². The molecule has 1 saturated heterocycles. The van der Waals surface area contributed by atoms with E-state index in [1.54, 1.807) is 0 Å². The SMILES string of the molecule is CCCCCCOC(=O)CC1CNCCO1. The molecule has 1 N–H and O–H groups in total. The van der Waals surface area contributed by atoms with E-state index in [1.807, 2.05) is 0 Å². The van der Waals surface area contributed by atoms with Crippen LogP contribution in [0.2, 0.25) is 0 Å².